The molecule has 27 heavy (non-hydrogen) atoms. The Morgan fingerprint density at radius 3 is 2.22 bits per heavy atom. The largest absolute Gasteiger partial charge is 0.766 e. The highest BCUT2D eigenvalue weighted by atomic mass is 31.2. The van der Waals surface area contributed by atoms with Gasteiger partial charge in [-0.3, -0.25) is 9.65 Å². The van der Waals surface area contributed by atoms with Crippen LogP contribution in [0.15, 0.2) is 0 Å². The van der Waals surface area contributed by atoms with E-state index in [4.69, 9.17) is 23.5 Å². The minimum atomic E-state index is -4.26. The molecular weight excluding hydrogens is 373 g/mol. The Bertz CT molecular complexity index is 504. The first kappa shape index (κ1) is 23.2. The molecule has 2 aliphatic heterocycles. The topological polar surface area (TPSA) is 98.3 Å². The van der Waals surface area contributed by atoms with Gasteiger partial charge in [-0.15, -0.1) is 0 Å². The molecule has 0 aromatic carbocycles. The zero-order valence-corrected chi connectivity index (χ0v) is 18.1. The minimum absolute atomic E-state index is 0.0363. The second kappa shape index (κ2) is 10.1. The summed E-state index contributed by atoms with van der Waals surface area (Å²) in [4.78, 5) is 12.4. The summed E-state index contributed by atoms with van der Waals surface area (Å²) < 4.78 is 40.8. The van der Waals surface area contributed by atoms with Crippen molar-refractivity contribution in [3.05, 3.63) is 0 Å². The van der Waals surface area contributed by atoms with Crippen LogP contribution in [-0.4, -0.2) is 62.0 Å². The molecule has 1 N–H and O–H groups in total. The highest BCUT2D eigenvalue weighted by Gasteiger charge is 2.38. The van der Waals surface area contributed by atoms with Crippen molar-refractivity contribution in [2.75, 3.05) is 13.2 Å². The summed E-state index contributed by atoms with van der Waals surface area (Å²) >= 11 is 0. The molecule has 2 fully saturated rings. The molecule has 160 valence electrons. The number of rotatable bonds is 10. The Kier molecular flexibility index (Phi) is 8.71. The summed E-state index contributed by atoms with van der Waals surface area (Å²) in [7, 11) is -4.26. The average molecular weight is 408 g/mol. The fourth-order valence-electron chi connectivity index (χ4n) is 3.48. The standard InChI is InChI=1S/C18H36NO7P/c1-11(2)22-10-18-16(8-14(6)25-18)26-27(20,21)19-9-17-15(23-12(3)4)7-13(5)24-17/h11-18H,7-10H2,1-6H3,(H2,19,20,21)/p-1/t13-,14-,15?,16?,17+,18+/m0/s1. The maximum Gasteiger partial charge on any atom is 0.204 e. The third kappa shape index (κ3) is 7.71. The van der Waals surface area contributed by atoms with E-state index < -0.39 is 20.0 Å². The van der Waals surface area contributed by atoms with Crippen LogP contribution in [0.4, 0.5) is 0 Å². The van der Waals surface area contributed by atoms with Crippen molar-refractivity contribution in [1.29, 1.82) is 0 Å². The molecule has 2 saturated heterocycles. The van der Waals surface area contributed by atoms with Gasteiger partial charge < -0.3 is 28.4 Å². The first-order chi connectivity index (χ1) is 12.6. The van der Waals surface area contributed by atoms with Crippen molar-refractivity contribution in [3.8, 4) is 0 Å². The molecule has 0 spiro atoms. The smallest absolute Gasteiger partial charge is 0.204 e. The van der Waals surface area contributed by atoms with Gasteiger partial charge in [0.15, 0.2) is 0 Å². The van der Waals surface area contributed by atoms with E-state index >= 15 is 0 Å². The molecule has 7 atom stereocenters. The Balaban J connectivity index is 1.87. The van der Waals surface area contributed by atoms with E-state index in [1.54, 1.807) is 0 Å². The van der Waals surface area contributed by atoms with Gasteiger partial charge in [-0.2, -0.15) is 0 Å². The predicted octanol–water partition coefficient (Wildman–Crippen LogP) is 2.00. The third-order valence-electron chi connectivity index (χ3n) is 4.57. The van der Waals surface area contributed by atoms with Crippen molar-refractivity contribution in [2.24, 2.45) is 0 Å². The number of hydrogen-bond donors (Lipinski definition) is 1. The zero-order chi connectivity index (χ0) is 20.2. The molecule has 0 aromatic rings. The molecule has 2 heterocycles. The van der Waals surface area contributed by atoms with E-state index in [2.05, 4.69) is 5.09 Å². The average Bonchev–Trinajstić information content (AvgIpc) is 3.04. The fourth-order valence-corrected chi connectivity index (χ4v) is 4.53. The van der Waals surface area contributed by atoms with Gasteiger partial charge in [0, 0.05) is 19.4 Å². The first-order valence-corrected chi connectivity index (χ1v) is 11.4. The summed E-state index contributed by atoms with van der Waals surface area (Å²) in [5.74, 6) is 0. The Hall–Kier alpha value is -0.0500. The molecule has 0 radical (unpaired) electrons. The van der Waals surface area contributed by atoms with Crippen LogP contribution in [0.2, 0.25) is 0 Å². The highest BCUT2D eigenvalue weighted by molar-refractivity contribution is 7.49. The lowest BCUT2D eigenvalue weighted by atomic mass is 10.1. The van der Waals surface area contributed by atoms with Crippen LogP contribution in [-0.2, 0) is 28.0 Å². The van der Waals surface area contributed by atoms with Crippen molar-refractivity contribution in [1.82, 2.24) is 5.09 Å². The van der Waals surface area contributed by atoms with Crippen LogP contribution in [0.5, 0.6) is 0 Å². The van der Waals surface area contributed by atoms with Gasteiger partial charge in [0.2, 0.25) is 7.75 Å². The number of nitrogens with one attached hydrogen (secondary N) is 1. The summed E-state index contributed by atoms with van der Waals surface area (Å²) in [6, 6.07) is 0. The quantitative estimate of drug-likeness (QED) is 0.548. The van der Waals surface area contributed by atoms with Gasteiger partial charge in [0.05, 0.1) is 49.3 Å². The lowest BCUT2D eigenvalue weighted by Gasteiger charge is -2.31. The molecule has 0 aromatic heterocycles. The summed E-state index contributed by atoms with van der Waals surface area (Å²) in [5, 5.41) is 2.53. The third-order valence-corrected chi connectivity index (χ3v) is 5.69. The Labute approximate surface area is 162 Å². The van der Waals surface area contributed by atoms with E-state index in [0.717, 1.165) is 6.42 Å². The monoisotopic (exact) mass is 408 g/mol. The van der Waals surface area contributed by atoms with Crippen LogP contribution in [0.25, 0.3) is 0 Å². The van der Waals surface area contributed by atoms with Crippen LogP contribution in [0.3, 0.4) is 0 Å². The molecule has 8 nitrogen and oxygen atoms in total. The van der Waals surface area contributed by atoms with Gasteiger partial charge in [0.25, 0.3) is 0 Å². The van der Waals surface area contributed by atoms with Gasteiger partial charge in [-0.05, 0) is 41.5 Å². The molecule has 0 amide bonds. The van der Waals surface area contributed by atoms with Crippen molar-refractivity contribution >= 4 is 7.75 Å². The SMILES string of the molecule is CC(C)OC[C@H]1O[C@@H](C)CC1OP(=O)([O-])NC[C@H]1O[C@@H](C)CC1OC(C)C. The van der Waals surface area contributed by atoms with E-state index in [-0.39, 0.29) is 43.2 Å². The highest BCUT2D eigenvalue weighted by Crippen LogP contribution is 2.39. The molecule has 3 unspecified atom stereocenters. The molecule has 2 aliphatic rings. The van der Waals surface area contributed by atoms with E-state index in [1.807, 2.05) is 41.5 Å². The number of hydrogen-bond acceptors (Lipinski definition) is 7. The predicted molar refractivity (Wildman–Crippen MR) is 99.5 cm³/mol. The van der Waals surface area contributed by atoms with Crippen molar-refractivity contribution in [2.45, 2.75) is 103 Å². The van der Waals surface area contributed by atoms with Gasteiger partial charge in [-0.1, -0.05) is 0 Å². The molecule has 0 saturated carbocycles. The summed E-state index contributed by atoms with van der Waals surface area (Å²) in [5.41, 5.74) is 0. The maximum atomic E-state index is 12.4. The van der Waals surface area contributed by atoms with Crippen molar-refractivity contribution < 1.29 is 32.9 Å². The van der Waals surface area contributed by atoms with Crippen LogP contribution < -0.4 is 9.98 Å². The van der Waals surface area contributed by atoms with Gasteiger partial charge in [0.1, 0.15) is 6.10 Å². The fraction of sp³-hybridized carbons (Fsp3) is 1.00. The molecule has 0 bridgehead atoms. The van der Waals surface area contributed by atoms with Gasteiger partial charge >= 0.3 is 0 Å². The maximum absolute atomic E-state index is 12.4. The lowest BCUT2D eigenvalue weighted by molar-refractivity contribution is -0.209. The normalized spacial score (nSPS) is 36.6. The minimum Gasteiger partial charge on any atom is -0.766 e. The lowest BCUT2D eigenvalue weighted by Crippen LogP contribution is -2.39. The molecular formula is C18H35NO7P-. The summed E-state index contributed by atoms with van der Waals surface area (Å²) in [6.07, 6.45) is -0.0867. The molecule has 2 rings (SSSR count). The van der Waals surface area contributed by atoms with Crippen LogP contribution >= 0.6 is 7.75 Å². The van der Waals surface area contributed by atoms with E-state index in [1.165, 1.54) is 0 Å². The van der Waals surface area contributed by atoms with Crippen LogP contribution in [0, 0.1) is 0 Å². The molecule has 9 heteroatoms. The van der Waals surface area contributed by atoms with Crippen LogP contribution in [0.1, 0.15) is 54.4 Å². The van der Waals surface area contributed by atoms with E-state index in [0.29, 0.717) is 13.0 Å². The number of ether oxygens (including phenoxy) is 4. The van der Waals surface area contributed by atoms with E-state index in [9.17, 15) is 9.46 Å². The zero-order valence-electron chi connectivity index (χ0n) is 17.3. The van der Waals surface area contributed by atoms with Crippen molar-refractivity contribution in [3.63, 3.8) is 0 Å². The summed E-state index contributed by atoms with van der Waals surface area (Å²) in [6.45, 7) is 12.0. The second-order valence-electron chi connectivity index (χ2n) is 8.05. The Morgan fingerprint density at radius 1 is 1.04 bits per heavy atom. The second-order valence-corrected chi connectivity index (χ2v) is 9.57. The molecule has 0 aliphatic carbocycles. The van der Waals surface area contributed by atoms with Gasteiger partial charge in [-0.25, -0.2) is 0 Å². The Morgan fingerprint density at radius 2 is 1.63 bits per heavy atom. The first-order valence-electron chi connectivity index (χ1n) is 9.88.